The zero-order valence-corrected chi connectivity index (χ0v) is 22.6. The fourth-order valence-electron chi connectivity index (χ4n) is 4.14. The largest absolute Gasteiger partial charge is 0.369 e. The maximum absolute atomic E-state index is 12.8. The fourth-order valence-corrected chi connectivity index (χ4v) is 6.03. The number of sulfone groups is 1. The summed E-state index contributed by atoms with van der Waals surface area (Å²) in [6, 6.07) is 15.2. The molecule has 0 unspecified atom stereocenters. The lowest BCUT2D eigenvalue weighted by molar-refractivity contribution is 0.313. The minimum Gasteiger partial charge on any atom is -0.369 e. The van der Waals surface area contributed by atoms with Crippen LogP contribution in [0.15, 0.2) is 59.6 Å². The molecule has 1 aliphatic heterocycles. The standard InChI is InChI=1S/C27H36N6O2S.CH4/c1-20-18-28-26(30-21-9-11-23(12-10-21)33-15-13-32(5)14-16-33)31-25(20)29-22-7-6-8-24(17-22)36(34,35)19-27(2,3)4;/h6-12,17-18H,13-16,19H2,1-5H3,(H2,28,29,30,31);1H4. The van der Waals surface area contributed by atoms with Crippen LogP contribution in [0.1, 0.15) is 33.8 Å². The van der Waals surface area contributed by atoms with Gasteiger partial charge in [0.15, 0.2) is 9.84 Å². The van der Waals surface area contributed by atoms with Crippen molar-refractivity contribution >= 4 is 38.7 Å². The molecule has 0 spiro atoms. The molecule has 1 aromatic heterocycles. The summed E-state index contributed by atoms with van der Waals surface area (Å²) in [7, 11) is -1.24. The molecule has 2 aromatic carbocycles. The van der Waals surface area contributed by atoms with Crippen LogP contribution >= 0.6 is 0 Å². The molecule has 1 fully saturated rings. The van der Waals surface area contributed by atoms with Gasteiger partial charge in [-0.15, -0.1) is 0 Å². The van der Waals surface area contributed by atoms with Gasteiger partial charge >= 0.3 is 0 Å². The molecule has 37 heavy (non-hydrogen) atoms. The number of aromatic nitrogens is 2. The van der Waals surface area contributed by atoms with E-state index in [0.717, 1.165) is 37.4 Å². The van der Waals surface area contributed by atoms with E-state index in [-0.39, 0.29) is 18.6 Å². The molecule has 3 aromatic rings. The molecule has 9 heteroatoms. The number of nitrogens with one attached hydrogen (secondary N) is 2. The van der Waals surface area contributed by atoms with Gasteiger partial charge in [0.25, 0.3) is 0 Å². The first-order valence-corrected chi connectivity index (χ1v) is 13.9. The minimum atomic E-state index is -3.40. The van der Waals surface area contributed by atoms with Crippen LogP contribution in [-0.4, -0.2) is 62.3 Å². The Labute approximate surface area is 222 Å². The van der Waals surface area contributed by atoms with Gasteiger partial charge in [-0.1, -0.05) is 34.3 Å². The predicted molar refractivity (Wildman–Crippen MR) is 154 cm³/mol. The lowest BCUT2D eigenvalue weighted by Gasteiger charge is -2.34. The van der Waals surface area contributed by atoms with E-state index in [1.807, 2.05) is 45.9 Å². The van der Waals surface area contributed by atoms with Crippen molar-refractivity contribution in [2.75, 3.05) is 54.5 Å². The molecular weight excluding hydrogens is 484 g/mol. The van der Waals surface area contributed by atoms with Crippen LogP contribution < -0.4 is 15.5 Å². The number of likely N-dealkylation sites (N-methyl/N-ethyl adjacent to an activating group) is 1. The van der Waals surface area contributed by atoms with Gasteiger partial charge in [0.05, 0.1) is 10.6 Å². The van der Waals surface area contributed by atoms with E-state index < -0.39 is 9.84 Å². The molecule has 0 bridgehead atoms. The SMILES string of the molecule is C.Cc1cnc(Nc2ccc(N3CCN(C)CC3)cc2)nc1Nc1cccc(S(=O)(=O)CC(C)(C)C)c1. The number of piperazine rings is 1. The Morgan fingerprint density at radius 1 is 0.946 bits per heavy atom. The minimum absolute atomic E-state index is 0. The lowest BCUT2D eigenvalue weighted by atomic mass is 10.0. The first-order valence-electron chi connectivity index (χ1n) is 12.2. The molecule has 0 radical (unpaired) electrons. The number of aryl methyl sites for hydroxylation is 1. The number of hydrogen-bond donors (Lipinski definition) is 2. The highest BCUT2D eigenvalue weighted by atomic mass is 32.2. The monoisotopic (exact) mass is 524 g/mol. The smallest absolute Gasteiger partial charge is 0.229 e. The molecule has 1 saturated heterocycles. The number of rotatable bonds is 7. The average Bonchev–Trinajstić information content (AvgIpc) is 2.81. The summed E-state index contributed by atoms with van der Waals surface area (Å²) in [6.45, 7) is 11.9. The summed E-state index contributed by atoms with van der Waals surface area (Å²) < 4.78 is 25.7. The van der Waals surface area contributed by atoms with Gasteiger partial charge in [0.1, 0.15) is 5.82 Å². The van der Waals surface area contributed by atoms with Crippen molar-refractivity contribution < 1.29 is 8.42 Å². The zero-order valence-electron chi connectivity index (χ0n) is 21.7. The zero-order chi connectivity index (χ0) is 25.9. The number of anilines is 5. The Morgan fingerprint density at radius 2 is 1.62 bits per heavy atom. The second kappa shape index (κ2) is 11.5. The van der Waals surface area contributed by atoms with Gasteiger partial charge < -0.3 is 20.4 Å². The fraction of sp³-hybridized carbons (Fsp3) is 0.429. The predicted octanol–water partition coefficient (Wildman–Crippen LogP) is 5.48. The highest BCUT2D eigenvalue weighted by molar-refractivity contribution is 7.91. The number of nitrogens with zero attached hydrogens (tertiary/aromatic N) is 4. The Morgan fingerprint density at radius 3 is 2.27 bits per heavy atom. The summed E-state index contributed by atoms with van der Waals surface area (Å²) in [5.74, 6) is 1.16. The first-order chi connectivity index (χ1) is 17.0. The molecule has 0 aliphatic carbocycles. The van der Waals surface area contributed by atoms with Crippen molar-refractivity contribution in [2.24, 2.45) is 5.41 Å². The molecule has 0 amide bonds. The molecule has 1 aliphatic rings. The van der Waals surface area contributed by atoms with Crippen LogP contribution in [0.2, 0.25) is 0 Å². The Balaban J connectivity index is 0.00000380. The first kappa shape index (κ1) is 28.4. The summed E-state index contributed by atoms with van der Waals surface area (Å²) in [5.41, 5.74) is 3.30. The molecule has 200 valence electrons. The molecule has 2 N–H and O–H groups in total. The molecule has 4 rings (SSSR count). The van der Waals surface area contributed by atoms with Crippen LogP contribution in [0, 0.1) is 12.3 Å². The van der Waals surface area contributed by atoms with Crippen LogP contribution in [0.5, 0.6) is 0 Å². The van der Waals surface area contributed by atoms with Gasteiger partial charge in [0, 0.05) is 55.0 Å². The van der Waals surface area contributed by atoms with Crippen LogP contribution in [-0.2, 0) is 9.84 Å². The highest BCUT2D eigenvalue weighted by Gasteiger charge is 2.23. The Hall–Kier alpha value is -3.17. The molecular formula is C28H40N6O2S. The van der Waals surface area contributed by atoms with E-state index in [9.17, 15) is 8.42 Å². The third-order valence-corrected chi connectivity index (χ3v) is 8.26. The molecule has 8 nitrogen and oxygen atoms in total. The summed E-state index contributed by atoms with van der Waals surface area (Å²) in [5, 5.41) is 6.53. The number of hydrogen-bond acceptors (Lipinski definition) is 8. The van der Waals surface area contributed by atoms with Crippen molar-refractivity contribution in [2.45, 2.75) is 40.0 Å². The van der Waals surface area contributed by atoms with Gasteiger partial charge in [-0.3, -0.25) is 0 Å². The topological polar surface area (TPSA) is 90.5 Å². The third kappa shape index (κ3) is 7.66. The van der Waals surface area contributed by atoms with E-state index in [1.54, 1.807) is 24.4 Å². The molecule has 0 saturated carbocycles. The van der Waals surface area contributed by atoms with Gasteiger partial charge in [-0.25, -0.2) is 13.4 Å². The Bertz CT molecular complexity index is 1290. The maximum Gasteiger partial charge on any atom is 0.229 e. The van der Waals surface area contributed by atoms with E-state index in [4.69, 9.17) is 0 Å². The highest BCUT2D eigenvalue weighted by Crippen LogP contribution is 2.27. The Kier molecular flexibility index (Phi) is 8.81. The summed E-state index contributed by atoms with van der Waals surface area (Å²) in [4.78, 5) is 14.1. The van der Waals surface area contributed by atoms with Crippen molar-refractivity contribution in [1.82, 2.24) is 14.9 Å². The van der Waals surface area contributed by atoms with E-state index in [2.05, 4.69) is 49.6 Å². The van der Waals surface area contributed by atoms with Crippen LogP contribution in [0.25, 0.3) is 0 Å². The van der Waals surface area contributed by atoms with Crippen LogP contribution in [0.3, 0.4) is 0 Å². The van der Waals surface area contributed by atoms with Gasteiger partial charge in [-0.2, -0.15) is 4.98 Å². The van der Waals surface area contributed by atoms with E-state index in [0.29, 0.717) is 22.3 Å². The summed E-state index contributed by atoms with van der Waals surface area (Å²) >= 11 is 0. The molecule has 2 heterocycles. The second-order valence-electron chi connectivity index (χ2n) is 10.7. The van der Waals surface area contributed by atoms with Crippen molar-refractivity contribution in [3.8, 4) is 0 Å². The molecule has 0 atom stereocenters. The quantitative estimate of drug-likeness (QED) is 0.420. The van der Waals surface area contributed by atoms with Gasteiger partial charge in [0.2, 0.25) is 5.95 Å². The van der Waals surface area contributed by atoms with Crippen molar-refractivity contribution in [3.05, 3.63) is 60.3 Å². The maximum atomic E-state index is 12.8. The van der Waals surface area contributed by atoms with Gasteiger partial charge in [-0.05, 0) is 61.9 Å². The van der Waals surface area contributed by atoms with E-state index >= 15 is 0 Å². The average molecular weight is 525 g/mol. The van der Waals surface area contributed by atoms with Crippen molar-refractivity contribution in [1.29, 1.82) is 0 Å². The van der Waals surface area contributed by atoms with E-state index in [1.165, 1.54) is 5.69 Å². The number of benzene rings is 2. The second-order valence-corrected chi connectivity index (χ2v) is 12.6. The van der Waals surface area contributed by atoms with Crippen molar-refractivity contribution in [3.63, 3.8) is 0 Å². The normalized spacial score (nSPS) is 14.7. The third-order valence-electron chi connectivity index (χ3n) is 6.04. The lowest BCUT2D eigenvalue weighted by Crippen LogP contribution is -2.44. The van der Waals surface area contributed by atoms with Crippen LogP contribution in [0.4, 0.5) is 28.8 Å². The summed E-state index contributed by atoms with van der Waals surface area (Å²) in [6.07, 6.45) is 1.75.